The van der Waals surface area contributed by atoms with Crippen molar-refractivity contribution >= 4 is 35.7 Å². The van der Waals surface area contributed by atoms with Crippen molar-refractivity contribution in [1.82, 2.24) is 25.8 Å². The monoisotopic (exact) mass is 710 g/mol. The second-order valence-corrected chi connectivity index (χ2v) is 12.6. The molecule has 11 heteroatoms. The summed E-state index contributed by atoms with van der Waals surface area (Å²) in [6.45, 7) is 10.3. The largest absolute Gasteiger partial charge is 0.357 e. The molecule has 2 aliphatic heterocycles. The molecule has 2 saturated carbocycles. The van der Waals surface area contributed by atoms with Crippen molar-refractivity contribution in [3.8, 4) is 11.4 Å². The van der Waals surface area contributed by atoms with E-state index in [0.717, 1.165) is 51.8 Å². The summed E-state index contributed by atoms with van der Waals surface area (Å²) in [7, 11) is 0. The first kappa shape index (κ1) is 39.2. The fourth-order valence-corrected chi connectivity index (χ4v) is 5.68. The van der Waals surface area contributed by atoms with Gasteiger partial charge in [-0.25, -0.2) is 19.3 Å². The predicted octanol–water partition coefficient (Wildman–Crippen LogP) is 8.69. The van der Waals surface area contributed by atoms with Gasteiger partial charge < -0.3 is 26.4 Å². The number of hydrazine groups is 1. The van der Waals surface area contributed by atoms with Gasteiger partial charge in [-0.15, -0.1) is 0 Å². The number of hydrogen-bond donors (Lipinski definition) is 4. The third-order valence-electron chi connectivity index (χ3n) is 8.72. The van der Waals surface area contributed by atoms with Crippen molar-refractivity contribution in [2.45, 2.75) is 66.2 Å². The maximum absolute atomic E-state index is 12.7. The van der Waals surface area contributed by atoms with Crippen LogP contribution < -0.4 is 26.4 Å². The molecule has 0 spiro atoms. The molecule has 1 saturated heterocycles. The Labute approximate surface area is 310 Å². The van der Waals surface area contributed by atoms with Crippen LogP contribution in [0.2, 0.25) is 0 Å². The van der Waals surface area contributed by atoms with E-state index in [0.29, 0.717) is 24.3 Å². The van der Waals surface area contributed by atoms with Crippen molar-refractivity contribution in [3.05, 3.63) is 114 Å². The van der Waals surface area contributed by atoms with Crippen LogP contribution in [0, 0.1) is 31.5 Å². The first-order chi connectivity index (χ1) is 25.4. The number of amides is 2. The molecule has 278 valence electrons. The van der Waals surface area contributed by atoms with E-state index in [1.165, 1.54) is 37.8 Å². The maximum Gasteiger partial charge on any atom is 0.211 e. The van der Waals surface area contributed by atoms with Gasteiger partial charge in [0, 0.05) is 50.8 Å². The van der Waals surface area contributed by atoms with E-state index in [-0.39, 0.29) is 2.85 Å². The van der Waals surface area contributed by atoms with E-state index >= 15 is 0 Å². The molecule has 52 heavy (non-hydrogen) atoms. The predicted molar refractivity (Wildman–Crippen MR) is 213 cm³/mol. The molecule has 4 N–H and O–H groups in total. The summed E-state index contributed by atoms with van der Waals surface area (Å²) in [5.74, 6) is 3.51. The Hall–Kier alpha value is -5.58. The van der Waals surface area contributed by atoms with Gasteiger partial charge in [0.2, 0.25) is 12.8 Å². The Morgan fingerprint density at radius 2 is 1.38 bits per heavy atom. The van der Waals surface area contributed by atoms with Crippen molar-refractivity contribution in [1.29, 1.82) is 0 Å². The van der Waals surface area contributed by atoms with Crippen LogP contribution in [0.15, 0.2) is 91.5 Å². The van der Waals surface area contributed by atoms with E-state index in [1.54, 1.807) is 37.8 Å². The average molecular weight is 711 g/mol. The molecule has 10 nitrogen and oxygen atoms in total. The van der Waals surface area contributed by atoms with Crippen LogP contribution in [0.25, 0.3) is 17.1 Å². The number of nitrogens with one attached hydrogen (secondary N) is 4. The number of benzene rings is 2. The van der Waals surface area contributed by atoms with Crippen LogP contribution in [0.3, 0.4) is 0 Å². The molecule has 0 unspecified atom stereocenters. The number of aromatic nitrogens is 3. The van der Waals surface area contributed by atoms with Gasteiger partial charge in [0.05, 0.1) is 18.1 Å². The number of carbonyl (C=O) groups is 2. The van der Waals surface area contributed by atoms with Gasteiger partial charge in [-0.05, 0) is 124 Å². The van der Waals surface area contributed by atoms with Gasteiger partial charge in [0.15, 0.2) is 11.6 Å². The zero-order valence-electron chi connectivity index (χ0n) is 30.6. The van der Waals surface area contributed by atoms with Crippen molar-refractivity contribution in [2.24, 2.45) is 11.8 Å². The maximum atomic E-state index is 12.7. The highest BCUT2D eigenvalue weighted by Gasteiger charge is 2.37. The minimum absolute atomic E-state index is 0. The first-order valence-corrected chi connectivity index (χ1v) is 18.1. The Kier molecular flexibility index (Phi) is 15.8. The zero-order valence-corrected chi connectivity index (χ0v) is 30.6. The van der Waals surface area contributed by atoms with Crippen molar-refractivity contribution in [2.75, 3.05) is 28.6 Å². The smallest absolute Gasteiger partial charge is 0.211 e. The van der Waals surface area contributed by atoms with Gasteiger partial charge in [0.25, 0.3) is 0 Å². The fourth-order valence-electron chi connectivity index (χ4n) is 5.68. The molecule has 4 aliphatic rings. The summed E-state index contributed by atoms with van der Waals surface area (Å²) in [5.41, 5.74) is 12.3. The zero-order chi connectivity index (χ0) is 37.1. The lowest BCUT2D eigenvalue weighted by atomic mass is 10.0. The van der Waals surface area contributed by atoms with E-state index in [4.69, 9.17) is 0 Å². The lowest BCUT2D eigenvalue weighted by Gasteiger charge is -2.16. The number of allylic oxidation sites excluding steroid dienone is 2. The topological polar surface area (TPSA) is 124 Å². The quantitative estimate of drug-likeness (QED) is 0.134. The minimum Gasteiger partial charge on any atom is -0.357 e. The molecule has 2 aliphatic carbocycles. The number of pyridine rings is 1. The molecular weight excluding hydrogens is 656 g/mol. The summed E-state index contributed by atoms with van der Waals surface area (Å²) in [5, 5.41) is 5.19. The summed E-state index contributed by atoms with van der Waals surface area (Å²) >= 11 is 0. The molecule has 3 fully saturated rings. The summed E-state index contributed by atoms with van der Waals surface area (Å²) in [6, 6.07) is 17.2. The van der Waals surface area contributed by atoms with Crippen LogP contribution in [0.4, 0.5) is 21.6 Å². The van der Waals surface area contributed by atoms with Gasteiger partial charge in [-0.1, -0.05) is 32.0 Å². The number of aryl methyl sites for hydroxylation is 2. The number of nitrogens with zero attached hydrogens (tertiary/aromatic N) is 4. The van der Waals surface area contributed by atoms with E-state index < -0.39 is 5.82 Å². The molecule has 0 bridgehead atoms. The summed E-state index contributed by atoms with van der Waals surface area (Å²) in [6.07, 6.45) is 19.9. The number of hydrogen-bond acceptors (Lipinski definition) is 8. The summed E-state index contributed by atoms with van der Waals surface area (Å²) < 4.78 is 12.7. The standard InChI is InChI=1S/C12H10FN3O.C12H13N3O.C9H12N2.C6H10.C2H6.2H2/c1-8-2-3-10(16-7-17)4-11(8)12-14-5-9(13)6-15-12;1-9-4-5-10(13-8-16)7-11(9)12-3-2-6-14-15-12;1-2-6-10-9(5-1)11-7-3-4-8-11;1-2-5(1)6-3-4-6;1-2;;/h2-7H,1H3,(H,16,17);2-8,14-15H,1H3,(H,13,16);1-2,5-6H,3-4,7-8H2;5-6H,1-4H2;1-2H3;2*1H. The van der Waals surface area contributed by atoms with Crippen LogP contribution in [0.1, 0.15) is 71.9 Å². The summed E-state index contributed by atoms with van der Waals surface area (Å²) in [4.78, 5) is 35.2. The molecule has 8 rings (SSSR count). The highest BCUT2D eigenvalue weighted by Crippen LogP contribution is 2.49. The second-order valence-electron chi connectivity index (χ2n) is 12.6. The minimum atomic E-state index is -0.478. The fraction of sp³-hybridized carbons (Fsp3) is 0.341. The van der Waals surface area contributed by atoms with Gasteiger partial charge >= 0.3 is 0 Å². The third-order valence-corrected chi connectivity index (χ3v) is 8.72. The normalized spacial score (nSPS) is 15.1. The SMILES string of the molecule is C1CC1C1CC1.CC.Cc1ccc(NC=O)cc1-c1ncc(F)cn1.Cc1ccc(NC=O)cc1C1=CC=CNN1.[HH].[HH].c1ccc(N2CCCC2)nc1. The number of anilines is 3. The molecule has 4 aromatic rings. The molecule has 2 aromatic carbocycles. The molecule has 0 atom stereocenters. The number of carbonyl (C=O) groups excluding carboxylic acids is 2. The lowest BCUT2D eigenvalue weighted by molar-refractivity contribution is -0.106. The Bertz CT molecular complexity index is 1750. The molecule has 4 heterocycles. The Morgan fingerprint density at radius 1 is 0.808 bits per heavy atom. The first-order valence-electron chi connectivity index (χ1n) is 18.1. The van der Waals surface area contributed by atoms with Gasteiger partial charge in [0.1, 0.15) is 5.82 Å². The van der Waals surface area contributed by atoms with Crippen molar-refractivity contribution < 1.29 is 16.8 Å². The van der Waals surface area contributed by atoms with Crippen molar-refractivity contribution in [3.63, 3.8) is 0 Å². The van der Waals surface area contributed by atoms with E-state index in [9.17, 15) is 14.0 Å². The van der Waals surface area contributed by atoms with E-state index in [2.05, 4.69) is 47.4 Å². The van der Waals surface area contributed by atoms with Crippen LogP contribution in [-0.4, -0.2) is 40.9 Å². The lowest BCUT2D eigenvalue weighted by Crippen LogP contribution is -2.27. The Morgan fingerprint density at radius 3 is 1.88 bits per heavy atom. The second kappa shape index (κ2) is 20.9. The average Bonchev–Trinajstić information content (AvgIpc) is 4.14. The molecule has 2 amide bonds. The van der Waals surface area contributed by atoms with Gasteiger partial charge in [-0.2, -0.15) is 0 Å². The highest BCUT2D eigenvalue weighted by atomic mass is 19.1. The molecule has 0 radical (unpaired) electrons. The number of halogens is 1. The van der Waals surface area contributed by atoms with Crippen LogP contribution >= 0.6 is 0 Å². The Balaban J connectivity index is 0.000000253. The molecule has 2 aromatic heterocycles. The van der Waals surface area contributed by atoms with Crippen LogP contribution in [-0.2, 0) is 9.59 Å². The van der Waals surface area contributed by atoms with Crippen LogP contribution in [0.5, 0.6) is 0 Å². The molecular formula is C41H55FN8O2. The third kappa shape index (κ3) is 12.6. The highest BCUT2D eigenvalue weighted by molar-refractivity contribution is 5.77. The van der Waals surface area contributed by atoms with E-state index in [1.807, 2.05) is 88.6 Å². The van der Waals surface area contributed by atoms with Gasteiger partial charge in [-0.3, -0.25) is 9.59 Å². The number of rotatable bonds is 8.